The van der Waals surface area contributed by atoms with E-state index in [1.165, 1.54) is 16.0 Å². The van der Waals surface area contributed by atoms with Crippen molar-refractivity contribution < 1.29 is 18.8 Å². The van der Waals surface area contributed by atoms with Crippen molar-refractivity contribution in [3.63, 3.8) is 0 Å². The first-order valence-electron chi connectivity index (χ1n) is 12.2. The maximum absolute atomic E-state index is 14.1. The highest BCUT2D eigenvalue weighted by atomic mass is 16.3. The summed E-state index contributed by atoms with van der Waals surface area (Å²) < 4.78 is 5.86. The minimum absolute atomic E-state index is 0.0523. The van der Waals surface area contributed by atoms with Crippen LogP contribution < -0.4 is 10.6 Å². The molecule has 1 aliphatic carbocycles. The van der Waals surface area contributed by atoms with Crippen LogP contribution in [0.15, 0.2) is 40.8 Å². The first-order valence-corrected chi connectivity index (χ1v) is 12.2. The van der Waals surface area contributed by atoms with Crippen molar-refractivity contribution in [1.29, 1.82) is 0 Å². The molecule has 3 unspecified atom stereocenters. The summed E-state index contributed by atoms with van der Waals surface area (Å²) in [6, 6.07) is 9.09. The van der Waals surface area contributed by atoms with E-state index in [4.69, 9.17) is 4.42 Å². The summed E-state index contributed by atoms with van der Waals surface area (Å²) in [5.41, 5.74) is 2.42. The summed E-state index contributed by atoms with van der Waals surface area (Å²) in [6.45, 7) is 9.57. The van der Waals surface area contributed by atoms with E-state index >= 15 is 0 Å². The molecule has 182 valence electrons. The second-order valence-corrected chi connectivity index (χ2v) is 10.3. The third-order valence-corrected chi connectivity index (χ3v) is 6.69. The van der Waals surface area contributed by atoms with Gasteiger partial charge in [-0.15, -0.1) is 0 Å². The van der Waals surface area contributed by atoms with Gasteiger partial charge in [0.25, 0.3) is 5.91 Å². The Labute approximate surface area is 201 Å². The van der Waals surface area contributed by atoms with E-state index in [1.54, 1.807) is 19.1 Å². The van der Waals surface area contributed by atoms with E-state index < -0.39 is 18.1 Å². The molecule has 34 heavy (non-hydrogen) atoms. The van der Waals surface area contributed by atoms with Gasteiger partial charge in [0, 0.05) is 6.04 Å². The predicted molar refractivity (Wildman–Crippen MR) is 129 cm³/mol. The number of hydrogen-bond acceptors (Lipinski definition) is 4. The number of furan rings is 1. The van der Waals surface area contributed by atoms with E-state index in [0.717, 1.165) is 12.8 Å². The fourth-order valence-corrected chi connectivity index (χ4v) is 5.23. The number of rotatable bonds is 7. The number of nitrogens with one attached hydrogen (secondary N) is 2. The predicted octanol–water partition coefficient (Wildman–Crippen LogP) is 3.31. The molecule has 2 N–H and O–H groups in total. The van der Waals surface area contributed by atoms with Crippen molar-refractivity contribution in [2.24, 2.45) is 11.8 Å². The van der Waals surface area contributed by atoms with Gasteiger partial charge in [-0.3, -0.25) is 14.4 Å². The summed E-state index contributed by atoms with van der Waals surface area (Å²) in [6.07, 6.45) is 1.90. The zero-order chi connectivity index (χ0) is 24.6. The van der Waals surface area contributed by atoms with Crippen LogP contribution in [0, 0.1) is 18.8 Å². The Balaban J connectivity index is 1.73. The van der Waals surface area contributed by atoms with Gasteiger partial charge in [-0.1, -0.05) is 38.1 Å². The Morgan fingerprint density at radius 1 is 1.09 bits per heavy atom. The average Bonchev–Trinajstić information content (AvgIpc) is 3.38. The number of amides is 3. The molecule has 7 heteroatoms. The molecular formula is C27H35N3O4. The third kappa shape index (κ3) is 4.74. The zero-order valence-corrected chi connectivity index (χ0v) is 20.6. The Bertz CT molecular complexity index is 1050. The third-order valence-electron chi connectivity index (χ3n) is 6.69. The number of benzene rings is 1. The van der Waals surface area contributed by atoms with Gasteiger partial charge in [-0.25, -0.2) is 0 Å². The first-order chi connectivity index (χ1) is 16.2. The summed E-state index contributed by atoms with van der Waals surface area (Å²) >= 11 is 0. The highest BCUT2D eigenvalue weighted by Gasteiger charge is 2.50. The monoisotopic (exact) mass is 465 g/mol. The van der Waals surface area contributed by atoms with Crippen molar-refractivity contribution in [2.45, 2.75) is 78.0 Å². The van der Waals surface area contributed by atoms with Gasteiger partial charge >= 0.3 is 0 Å². The largest absolute Gasteiger partial charge is 0.464 e. The lowest BCUT2D eigenvalue weighted by Crippen LogP contribution is -2.67. The molecule has 3 atom stereocenters. The molecule has 0 saturated carbocycles. The van der Waals surface area contributed by atoms with E-state index in [9.17, 15) is 14.4 Å². The Morgan fingerprint density at radius 2 is 1.74 bits per heavy atom. The van der Waals surface area contributed by atoms with Crippen molar-refractivity contribution in [1.82, 2.24) is 15.5 Å². The smallest absolute Gasteiger partial charge is 0.250 e. The van der Waals surface area contributed by atoms with Crippen molar-refractivity contribution in [3.05, 3.63) is 59.0 Å². The van der Waals surface area contributed by atoms with Gasteiger partial charge in [-0.2, -0.15) is 0 Å². The number of hydrogen-bond donors (Lipinski definition) is 2. The molecule has 1 aromatic heterocycles. The van der Waals surface area contributed by atoms with Crippen LogP contribution in [0.1, 0.15) is 62.8 Å². The Hall–Kier alpha value is -3.09. The second kappa shape index (κ2) is 9.65. The fraction of sp³-hybridized carbons (Fsp3) is 0.519. The molecule has 2 heterocycles. The lowest BCUT2D eigenvalue weighted by atomic mass is 9.88. The summed E-state index contributed by atoms with van der Waals surface area (Å²) in [7, 11) is 0. The van der Waals surface area contributed by atoms with Crippen LogP contribution in [0.3, 0.4) is 0 Å². The van der Waals surface area contributed by atoms with Gasteiger partial charge in [0.05, 0.1) is 0 Å². The maximum atomic E-state index is 14.1. The summed E-state index contributed by atoms with van der Waals surface area (Å²) in [5, 5.41) is 5.96. The van der Waals surface area contributed by atoms with Crippen molar-refractivity contribution in [2.75, 3.05) is 0 Å². The normalized spacial score (nSPS) is 21.7. The topological polar surface area (TPSA) is 91.7 Å². The molecule has 1 saturated heterocycles. The summed E-state index contributed by atoms with van der Waals surface area (Å²) in [5.74, 6) is 0.361. The van der Waals surface area contributed by atoms with Crippen LogP contribution in [0.2, 0.25) is 0 Å². The molecule has 3 amide bonds. The Kier molecular flexibility index (Phi) is 6.82. The molecule has 1 aliphatic heterocycles. The number of carbonyl (C=O) groups is 3. The Morgan fingerprint density at radius 3 is 2.26 bits per heavy atom. The highest BCUT2D eigenvalue weighted by Crippen LogP contribution is 2.35. The van der Waals surface area contributed by atoms with Gasteiger partial charge in [0.2, 0.25) is 11.8 Å². The van der Waals surface area contributed by atoms with Gasteiger partial charge < -0.3 is 20.0 Å². The molecule has 4 rings (SSSR count). The quantitative estimate of drug-likeness (QED) is 0.656. The summed E-state index contributed by atoms with van der Waals surface area (Å²) in [4.78, 5) is 42.5. The fourth-order valence-electron chi connectivity index (χ4n) is 5.23. The number of nitrogens with zero attached hydrogens (tertiary/aromatic N) is 1. The van der Waals surface area contributed by atoms with Crippen LogP contribution in [-0.2, 0) is 27.2 Å². The van der Waals surface area contributed by atoms with Gasteiger partial charge in [0.1, 0.15) is 23.6 Å². The van der Waals surface area contributed by atoms with Crippen LogP contribution in [0.25, 0.3) is 0 Å². The molecule has 1 aromatic carbocycles. The van der Waals surface area contributed by atoms with Crippen LogP contribution in [-0.4, -0.2) is 40.7 Å². The van der Waals surface area contributed by atoms with E-state index in [1.807, 2.05) is 39.8 Å². The molecule has 0 radical (unpaired) electrons. The average molecular weight is 466 g/mol. The van der Waals surface area contributed by atoms with Crippen molar-refractivity contribution >= 4 is 17.7 Å². The van der Waals surface area contributed by atoms with Crippen LogP contribution in [0.5, 0.6) is 0 Å². The molecule has 0 spiro atoms. The lowest BCUT2D eigenvalue weighted by Gasteiger charge is -2.44. The highest BCUT2D eigenvalue weighted by molar-refractivity contribution is 6.00. The SMILES string of the molecule is Cc1ccc(C(C(=O)NC(C)C)N2C(=O)C(C3Cc4ccccc4C3)NC(=O)C2CC(C)C)o1. The molecule has 1 fully saturated rings. The number of carbonyl (C=O) groups excluding carboxylic acids is 3. The van der Waals surface area contributed by atoms with Crippen molar-refractivity contribution in [3.8, 4) is 0 Å². The number of aryl methyl sites for hydroxylation is 1. The van der Waals surface area contributed by atoms with Gasteiger partial charge in [-0.05, 0) is 75.1 Å². The molecular weight excluding hydrogens is 430 g/mol. The minimum atomic E-state index is -1.01. The minimum Gasteiger partial charge on any atom is -0.464 e. The molecule has 0 bridgehead atoms. The van der Waals surface area contributed by atoms with E-state index in [0.29, 0.717) is 17.9 Å². The standard InChI is InChI=1S/C27H35N3O4/c1-15(2)12-21-25(31)29-23(20-13-18-8-6-7-9-19(18)14-20)27(33)30(21)24(26(32)28-16(3)4)22-11-10-17(5)34-22/h6-11,15-16,20-21,23-24H,12-14H2,1-5H3,(H,28,32)(H,29,31). The number of piperazine rings is 1. The van der Waals surface area contributed by atoms with E-state index in [-0.39, 0.29) is 35.6 Å². The number of fused-ring (bicyclic) bond motifs is 1. The molecule has 2 aromatic rings. The van der Waals surface area contributed by atoms with Gasteiger partial charge in [0.15, 0.2) is 6.04 Å². The second-order valence-electron chi connectivity index (χ2n) is 10.3. The zero-order valence-electron chi connectivity index (χ0n) is 20.6. The lowest BCUT2D eigenvalue weighted by molar-refractivity contribution is -0.158. The molecule has 2 aliphatic rings. The van der Waals surface area contributed by atoms with E-state index in [2.05, 4.69) is 22.8 Å². The first kappa shape index (κ1) is 24.0. The van der Waals surface area contributed by atoms with Crippen LogP contribution in [0.4, 0.5) is 0 Å². The van der Waals surface area contributed by atoms with Crippen LogP contribution >= 0.6 is 0 Å². The maximum Gasteiger partial charge on any atom is 0.250 e. The molecule has 7 nitrogen and oxygen atoms in total.